The lowest BCUT2D eigenvalue weighted by atomic mass is 10.3. The van der Waals surface area contributed by atoms with Crippen LogP contribution in [0.2, 0.25) is 0 Å². The minimum Gasteiger partial charge on any atom is -0.460 e. The van der Waals surface area contributed by atoms with Crippen LogP contribution in [0.5, 0.6) is 0 Å². The van der Waals surface area contributed by atoms with Crippen molar-refractivity contribution >= 4 is 29.5 Å². The number of furan rings is 1. The van der Waals surface area contributed by atoms with Crippen LogP contribution >= 0.6 is 23.5 Å². The maximum atomic E-state index is 12.5. The number of alkyl halides is 1. The van der Waals surface area contributed by atoms with Gasteiger partial charge in [0.1, 0.15) is 5.76 Å². The van der Waals surface area contributed by atoms with Crippen molar-refractivity contribution < 1.29 is 27.6 Å². The van der Waals surface area contributed by atoms with E-state index >= 15 is 0 Å². The summed E-state index contributed by atoms with van der Waals surface area (Å²) in [4.78, 5) is 11.7. The molecular formula is C13H20BrO6P. The Labute approximate surface area is 132 Å². The number of halogens is 1. The molecule has 1 aromatic rings. The van der Waals surface area contributed by atoms with Crippen molar-refractivity contribution in [3.63, 3.8) is 0 Å². The second-order valence-corrected chi connectivity index (χ2v) is 6.63. The zero-order valence-corrected chi connectivity index (χ0v) is 14.9. The normalized spacial score (nSPS) is 11.6. The van der Waals surface area contributed by atoms with Crippen LogP contribution in [0.15, 0.2) is 10.5 Å². The first kappa shape index (κ1) is 18.4. The summed E-state index contributed by atoms with van der Waals surface area (Å²) in [7, 11) is -3.25. The van der Waals surface area contributed by atoms with E-state index in [1.54, 1.807) is 20.8 Å². The van der Waals surface area contributed by atoms with Gasteiger partial charge in [-0.3, -0.25) is 4.57 Å². The molecule has 21 heavy (non-hydrogen) atoms. The third-order valence-electron chi connectivity index (χ3n) is 2.51. The van der Waals surface area contributed by atoms with E-state index in [9.17, 15) is 9.36 Å². The van der Waals surface area contributed by atoms with Gasteiger partial charge in [0.25, 0.3) is 0 Å². The van der Waals surface area contributed by atoms with E-state index in [2.05, 4.69) is 15.9 Å². The number of esters is 1. The zero-order valence-electron chi connectivity index (χ0n) is 12.4. The van der Waals surface area contributed by atoms with Crippen LogP contribution in [0.4, 0.5) is 0 Å². The summed E-state index contributed by atoms with van der Waals surface area (Å²) in [5.74, 6) is 0.0483. The summed E-state index contributed by atoms with van der Waals surface area (Å²) < 4.78 is 33.4. The standard InChI is InChI=1S/C13H20BrO6P/c1-4-17-13(15)11-7-10(12(8-14)20-11)9-21(16,18-5-2)19-6-3/h7H,4-6,8-9H2,1-3H3. The van der Waals surface area contributed by atoms with E-state index < -0.39 is 13.6 Å². The van der Waals surface area contributed by atoms with E-state index in [0.717, 1.165) is 0 Å². The van der Waals surface area contributed by atoms with E-state index in [4.69, 9.17) is 18.2 Å². The molecule has 0 fully saturated rings. The first-order chi connectivity index (χ1) is 9.99. The molecule has 6 nitrogen and oxygen atoms in total. The molecule has 0 amide bonds. The van der Waals surface area contributed by atoms with Crippen molar-refractivity contribution in [3.05, 3.63) is 23.2 Å². The van der Waals surface area contributed by atoms with Crippen LogP contribution in [0.3, 0.4) is 0 Å². The van der Waals surface area contributed by atoms with Crippen LogP contribution in [-0.4, -0.2) is 25.8 Å². The van der Waals surface area contributed by atoms with E-state index in [1.807, 2.05) is 0 Å². The molecule has 1 aromatic heterocycles. The molecule has 0 aromatic carbocycles. The minimum absolute atomic E-state index is 0.0541. The van der Waals surface area contributed by atoms with Crippen molar-refractivity contribution in [2.45, 2.75) is 32.3 Å². The first-order valence-electron chi connectivity index (χ1n) is 6.72. The fourth-order valence-electron chi connectivity index (χ4n) is 1.75. The van der Waals surface area contributed by atoms with Crippen LogP contribution in [0, 0.1) is 0 Å². The summed E-state index contributed by atoms with van der Waals surface area (Å²) >= 11 is 3.28. The Balaban J connectivity index is 3.00. The second-order valence-electron chi connectivity index (χ2n) is 4.02. The number of carbonyl (C=O) groups excluding carboxylic acids is 1. The topological polar surface area (TPSA) is 75.0 Å². The van der Waals surface area contributed by atoms with Crippen molar-refractivity contribution in [1.82, 2.24) is 0 Å². The van der Waals surface area contributed by atoms with Crippen molar-refractivity contribution in [2.75, 3.05) is 19.8 Å². The molecule has 8 heteroatoms. The van der Waals surface area contributed by atoms with Gasteiger partial charge < -0.3 is 18.2 Å². The Kier molecular flexibility index (Phi) is 7.66. The molecule has 0 unspecified atom stereocenters. The molecule has 1 rings (SSSR count). The highest BCUT2D eigenvalue weighted by molar-refractivity contribution is 9.08. The quantitative estimate of drug-likeness (QED) is 0.363. The van der Waals surface area contributed by atoms with Crippen molar-refractivity contribution in [3.8, 4) is 0 Å². The fraction of sp³-hybridized carbons (Fsp3) is 0.615. The van der Waals surface area contributed by atoms with E-state index in [0.29, 0.717) is 16.7 Å². The highest BCUT2D eigenvalue weighted by Gasteiger charge is 2.28. The molecule has 0 saturated heterocycles. The lowest BCUT2D eigenvalue weighted by Gasteiger charge is -2.16. The second kappa shape index (κ2) is 8.73. The van der Waals surface area contributed by atoms with Crippen molar-refractivity contribution in [1.29, 1.82) is 0 Å². The number of hydrogen-bond acceptors (Lipinski definition) is 6. The zero-order chi connectivity index (χ0) is 15.9. The maximum Gasteiger partial charge on any atom is 0.374 e. The molecule has 0 radical (unpaired) electrons. The number of carbonyl (C=O) groups is 1. The van der Waals surface area contributed by atoms with Crippen LogP contribution < -0.4 is 0 Å². The highest BCUT2D eigenvalue weighted by atomic mass is 79.9. The Bertz CT molecular complexity index is 503. The number of ether oxygens (including phenoxy) is 1. The first-order valence-corrected chi connectivity index (χ1v) is 9.57. The number of hydrogen-bond donors (Lipinski definition) is 0. The van der Waals surface area contributed by atoms with Gasteiger partial charge in [0, 0.05) is 5.56 Å². The lowest BCUT2D eigenvalue weighted by molar-refractivity contribution is 0.0488. The van der Waals surface area contributed by atoms with Gasteiger partial charge in [-0.1, -0.05) is 15.9 Å². The average Bonchev–Trinajstić information content (AvgIpc) is 2.82. The van der Waals surface area contributed by atoms with Crippen molar-refractivity contribution in [2.24, 2.45) is 0 Å². The van der Waals surface area contributed by atoms with Gasteiger partial charge in [0.05, 0.1) is 31.3 Å². The smallest absolute Gasteiger partial charge is 0.374 e. The molecule has 0 bridgehead atoms. The Hall–Kier alpha value is -0.620. The molecule has 0 spiro atoms. The molecule has 0 aliphatic rings. The fourth-order valence-corrected chi connectivity index (χ4v) is 3.95. The Morgan fingerprint density at radius 1 is 1.24 bits per heavy atom. The average molecular weight is 383 g/mol. The molecule has 120 valence electrons. The maximum absolute atomic E-state index is 12.5. The summed E-state index contributed by atoms with van der Waals surface area (Å²) in [5.41, 5.74) is 0.611. The molecular weight excluding hydrogens is 363 g/mol. The predicted octanol–water partition coefficient (Wildman–Crippen LogP) is 4.12. The molecule has 0 aliphatic heterocycles. The molecule has 0 saturated carbocycles. The van der Waals surface area contributed by atoms with Gasteiger partial charge in [-0.15, -0.1) is 0 Å². The number of rotatable bonds is 9. The monoisotopic (exact) mass is 382 g/mol. The largest absolute Gasteiger partial charge is 0.460 e. The van der Waals surface area contributed by atoms with Gasteiger partial charge in [0.15, 0.2) is 0 Å². The van der Waals surface area contributed by atoms with Crippen LogP contribution in [0.1, 0.15) is 42.6 Å². The van der Waals surface area contributed by atoms with E-state index in [1.165, 1.54) is 6.07 Å². The van der Waals surface area contributed by atoms with Gasteiger partial charge >= 0.3 is 13.6 Å². The molecule has 0 N–H and O–H groups in total. The SMILES string of the molecule is CCOC(=O)c1cc(CP(=O)(OCC)OCC)c(CBr)o1. The summed E-state index contributed by atoms with van der Waals surface area (Å²) in [6.07, 6.45) is 0.0541. The predicted molar refractivity (Wildman–Crippen MR) is 81.9 cm³/mol. The third kappa shape index (κ3) is 5.25. The summed E-state index contributed by atoms with van der Waals surface area (Å²) in [5, 5.41) is 0.389. The summed E-state index contributed by atoms with van der Waals surface area (Å²) in [6.45, 7) is 6.03. The van der Waals surface area contributed by atoms with Gasteiger partial charge in [0.2, 0.25) is 5.76 Å². The molecule has 0 atom stereocenters. The van der Waals surface area contributed by atoms with Gasteiger partial charge in [-0.05, 0) is 26.8 Å². The van der Waals surface area contributed by atoms with Gasteiger partial charge in [-0.25, -0.2) is 4.79 Å². The van der Waals surface area contributed by atoms with Crippen LogP contribution in [0.25, 0.3) is 0 Å². The third-order valence-corrected chi connectivity index (χ3v) is 5.05. The Morgan fingerprint density at radius 3 is 2.33 bits per heavy atom. The van der Waals surface area contributed by atoms with Crippen LogP contribution in [-0.2, 0) is 29.8 Å². The summed E-state index contributed by atoms with van der Waals surface area (Å²) in [6, 6.07) is 1.53. The molecule has 1 heterocycles. The lowest BCUT2D eigenvalue weighted by Crippen LogP contribution is -2.02. The van der Waals surface area contributed by atoms with E-state index in [-0.39, 0.29) is 31.7 Å². The van der Waals surface area contributed by atoms with Gasteiger partial charge in [-0.2, -0.15) is 0 Å². The Morgan fingerprint density at radius 2 is 1.86 bits per heavy atom. The molecule has 0 aliphatic carbocycles. The highest BCUT2D eigenvalue weighted by Crippen LogP contribution is 2.52. The minimum atomic E-state index is -3.25.